The van der Waals surface area contributed by atoms with Gasteiger partial charge in [0, 0.05) is 12.4 Å². The lowest BCUT2D eigenvalue weighted by molar-refractivity contribution is -0.137. The highest BCUT2D eigenvalue weighted by Crippen LogP contribution is 2.29. The molecule has 0 aromatic carbocycles. The maximum absolute atomic E-state index is 12.4. The van der Waals surface area contributed by atoms with Gasteiger partial charge in [-0.2, -0.15) is 13.2 Å². The van der Waals surface area contributed by atoms with Gasteiger partial charge in [0.1, 0.15) is 15.8 Å². The van der Waals surface area contributed by atoms with Crippen molar-refractivity contribution in [1.29, 1.82) is 0 Å². The third-order valence-electron chi connectivity index (χ3n) is 1.89. The molecule has 3 nitrogen and oxygen atoms in total. The van der Waals surface area contributed by atoms with Gasteiger partial charge < -0.3 is 0 Å². The average molecular weight is 339 g/mol. The highest BCUT2D eigenvalue weighted by Gasteiger charge is 2.30. The smallest absolute Gasteiger partial charge is 0.289 e. The SMILES string of the molecule is FC(F)(F)c1ccnc(-n2cnc(I)c2)c1. The maximum Gasteiger partial charge on any atom is 0.416 e. The van der Waals surface area contributed by atoms with Crippen molar-refractivity contribution in [2.24, 2.45) is 0 Å². The molecule has 2 rings (SSSR count). The van der Waals surface area contributed by atoms with Crippen LogP contribution in [0.3, 0.4) is 0 Å². The number of rotatable bonds is 1. The fourth-order valence-electron chi connectivity index (χ4n) is 1.16. The van der Waals surface area contributed by atoms with Crippen molar-refractivity contribution < 1.29 is 13.2 Å². The Balaban J connectivity index is 2.44. The first-order valence-electron chi connectivity index (χ1n) is 4.20. The van der Waals surface area contributed by atoms with E-state index in [-0.39, 0.29) is 5.82 Å². The van der Waals surface area contributed by atoms with E-state index >= 15 is 0 Å². The minimum absolute atomic E-state index is 0.199. The van der Waals surface area contributed by atoms with Crippen LogP contribution in [0, 0.1) is 3.70 Å². The van der Waals surface area contributed by atoms with Gasteiger partial charge in [0.25, 0.3) is 0 Å². The molecule has 0 amide bonds. The standard InChI is InChI=1S/C9H5F3IN3/c10-9(11,12)6-1-2-14-8(3-6)16-4-7(13)15-5-16/h1-5H. The van der Waals surface area contributed by atoms with Crippen molar-refractivity contribution in [1.82, 2.24) is 14.5 Å². The largest absolute Gasteiger partial charge is 0.416 e. The number of hydrogen-bond donors (Lipinski definition) is 0. The molecule has 0 saturated carbocycles. The second-order valence-electron chi connectivity index (χ2n) is 3.00. The van der Waals surface area contributed by atoms with Gasteiger partial charge in [-0.05, 0) is 34.7 Å². The molecule has 0 radical (unpaired) electrons. The molecular weight excluding hydrogens is 334 g/mol. The summed E-state index contributed by atoms with van der Waals surface area (Å²) in [7, 11) is 0. The molecule has 7 heteroatoms. The van der Waals surface area contributed by atoms with E-state index in [2.05, 4.69) is 9.97 Å². The highest BCUT2D eigenvalue weighted by molar-refractivity contribution is 14.1. The summed E-state index contributed by atoms with van der Waals surface area (Å²) in [6.07, 6.45) is -0.205. The van der Waals surface area contributed by atoms with Crippen molar-refractivity contribution in [3.8, 4) is 5.82 Å². The molecule has 2 aromatic heterocycles. The van der Waals surface area contributed by atoms with Gasteiger partial charge in [-0.1, -0.05) is 0 Å². The Labute approximate surface area is 102 Å². The van der Waals surface area contributed by atoms with Crippen molar-refractivity contribution in [2.75, 3.05) is 0 Å². The summed E-state index contributed by atoms with van der Waals surface area (Å²) >= 11 is 1.97. The number of pyridine rings is 1. The molecule has 0 unspecified atom stereocenters. The minimum Gasteiger partial charge on any atom is -0.289 e. The molecule has 0 atom stereocenters. The minimum atomic E-state index is -4.36. The first-order valence-corrected chi connectivity index (χ1v) is 5.28. The summed E-state index contributed by atoms with van der Waals surface area (Å²) in [5.41, 5.74) is -0.721. The Bertz CT molecular complexity index is 507. The first-order chi connectivity index (χ1) is 7.47. The summed E-state index contributed by atoms with van der Waals surface area (Å²) in [6, 6.07) is 1.92. The van der Waals surface area contributed by atoms with Gasteiger partial charge in [-0.25, -0.2) is 9.97 Å². The summed E-state index contributed by atoms with van der Waals surface area (Å²) in [4.78, 5) is 7.77. The fraction of sp³-hybridized carbons (Fsp3) is 0.111. The van der Waals surface area contributed by atoms with Crippen molar-refractivity contribution >= 4 is 22.6 Å². The van der Waals surface area contributed by atoms with E-state index in [4.69, 9.17) is 0 Å². The van der Waals surface area contributed by atoms with Gasteiger partial charge in [-0.15, -0.1) is 0 Å². The van der Waals surface area contributed by atoms with Gasteiger partial charge >= 0.3 is 6.18 Å². The molecule has 0 spiro atoms. The summed E-state index contributed by atoms with van der Waals surface area (Å²) < 4.78 is 39.4. The predicted octanol–water partition coefficient (Wildman–Crippen LogP) is 2.89. The molecule has 0 N–H and O–H groups in total. The Hall–Kier alpha value is -1.12. The quantitative estimate of drug-likeness (QED) is 0.748. The van der Waals surface area contributed by atoms with Crippen LogP contribution in [0.2, 0.25) is 0 Å². The van der Waals surface area contributed by atoms with Crippen LogP contribution in [0.5, 0.6) is 0 Å². The summed E-state index contributed by atoms with van der Waals surface area (Å²) in [6.45, 7) is 0. The second-order valence-corrected chi connectivity index (χ2v) is 4.11. The number of nitrogens with zero attached hydrogens (tertiary/aromatic N) is 3. The van der Waals surface area contributed by atoms with Gasteiger partial charge in [0.2, 0.25) is 0 Å². The Kier molecular flexibility index (Phi) is 2.87. The molecular formula is C9H5F3IN3. The van der Waals surface area contributed by atoms with E-state index in [1.54, 1.807) is 6.20 Å². The third kappa shape index (κ3) is 2.34. The Morgan fingerprint density at radius 2 is 2.00 bits per heavy atom. The topological polar surface area (TPSA) is 30.7 Å². The Morgan fingerprint density at radius 3 is 2.56 bits per heavy atom. The maximum atomic E-state index is 12.4. The summed E-state index contributed by atoms with van der Waals surface area (Å²) in [5.74, 6) is 0.199. The Morgan fingerprint density at radius 1 is 1.25 bits per heavy atom. The van der Waals surface area contributed by atoms with Crippen molar-refractivity contribution in [3.05, 3.63) is 40.1 Å². The average Bonchev–Trinajstić information content (AvgIpc) is 2.64. The second kappa shape index (κ2) is 4.04. The lowest BCUT2D eigenvalue weighted by Crippen LogP contribution is -2.06. The zero-order valence-electron chi connectivity index (χ0n) is 7.74. The van der Waals surface area contributed by atoms with Crippen molar-refractivity contribution in [2.45, 2.75) is 6.18 Å². The van der Waals surface area contributed by atoms with Crippen LogP contribution in [0.15, 0.2) is 30.9 Å². The third-order valence-corrected chi connectivity index (χ3v) is 2.45. The van der Waals surface area contributed by atoms with Crippen LogP contribution in [0.1, 0.15) is 5.56 Å². The van der Waals surface area contributed by atoms with E-state index in [1.807, 2.05) is 22.6 Å². The zero-order valence-corrected chi connectivity index (χ0v) is 9.90. The molecule has 0 aliphatic heterocycles. The van der Waals surface area contributed by atoms with E-state index in [1.165, 1.54) is 10.9 Å². The molecule has 0 aliphatic rings. The predicted molar refractivity (Wildman–Crippen MR) is 59.1 cm³/mol. The molecule has 0 aliphatic carbocycles. The van der Waals surface area contributed by atoms with E-state index in [9.17, 15) is 13.2 Å². The van der Waals surface area contributed by atoms with Crippen LogP contribution in [0.25, 0.3) is 5.82 Å². The first kappa shape index (κ1) is 11.4. The lowest BCUT2D eigenvalue weighted by Gasteiger charge is -2.07. The number of hydrogen-bond acceptors (Lipinski definition) is 2. The molecule has 0 bridgehead atoms. The van der Waals surface area contributed by atoms with Gasteiger partial charge in [-0.3, -0.25) is 4.57 Å². The van der Waals surface area contributed by atoms with Crippen LogP contribution >= 0.6 is 22.6 Å². The van der Waals surface area contributed by atoms with Crippen LogP contribution < -0.4 is 0 Å². The van der Waals surface area contributed by atoms with E-state index < -0.39 is 11.7 Å². The normalized spacial score (nSPS) is 11.8. The van der Waals surface area contributed by atoms with Gasteiger partial charge in [0.15, 0.2) is 0 Å². The van der Waals surface area contributed by atoms with Crippen LogP contribution in [0.4, 0.5) is 13.2 Å². The van der Waals surface area contributed by atoms with E-state index in [0.29, 0.717) is 3.70 Å². The number of aromatic nitrogens is 3. The molecule has 16 heavy (non-hydrogen) atoms. The molecule has 2 aromatic rings. The lowest BCUT2D eigenvalue weighted by atomic mass is 10.2. The number of halogens is 4. The molecule has 0 saturated heterocycles. The zero-order chi connectivity index (χ0) is 11.8. The van der Waals surface area contributed by atoms with Crippen LogP contribution in [-0.4, -0.2) is 14.5 Å². The van der Waals surface area contributed by atoms with Crippen molar-refractivity contribution in [3.63, 3.8) is 0 Å². The summed E-state index contributed by atoms with van der Waals surface area (Å²) in [5, 5.41) is 0. The number of imidazole rings is 1. The van der Waals surface area contributed by atoms with Crippen LogP contribution in [-0.2, 0) is 6.18 Å². The van der Waals surface area contributed by atoms with E-state index in [0.717, 1.165) is 18.3 Å². The molecule has 2 heterocycles. The molecule has 84 valence electrons. The highest BCUT2D eigenvalue weighted by atomic mass is 127. The molecule has 0 fully saturated rings. The van der Waals surface area contributed by atoms with Gasteiger partial charge in [0.05, 0.1) is 5.56 Å². The fourth-order valence-corrected chi connectivity index (χ4v) is 1.58. The monoisotopic (exact) mass is 339 g/mol. The number of alkyl halides is 3.